The molecule has 0 saturated heterocycles. The molecule has 1 aromatic carbocycles. The Bertz CT molecular complexity index is 1020. The number of carbonyl (C=O) groups is 1. The van der Waals surface area contributed by atoms with Crippen LogP contribution in [0.2, 0.25) is 5.02 Å². The van der Waals surface area contributed by atoms with Crippen LogP contribution in [0.4, 0.5) is 0 Å². The number of methoxy groups -OCH3 is 1. The van der Waals surface area contributed by atoms with Crippen molar-refractivity contribution in [3.63, 3.8) is 0 Å². The van der Waals surface area contributed by atoms with Crippen LogP contribution in [0.15, 0.2) is 17.3 Å². The molecule has 1 fully saturated rings. The van der Waals surface area contributed by atoms with Crippen molar-refractivity contribution in [2.45, 2.75) is 43.8 Å². The summed E-state index contributed by atoms with van der Waals surface area (Å²) in [6.45, 7) is 2.20. The summed E-state index contributed by atoms with van der Waals surface area (Å²) in [5, 5.41) is 13.3. The quantitative estimate of drug-likeness (QED) is 0.608. The molecule has 7 nitrogen and oxygen atoms in total. The predicted octanol–water partition coefficient (Wildman–Crippen LogP) is 3.96. The molecule has 2 atom stereocenters. The second-order valence-electron chi connectivity index (χ2n) is 7.14. The van der Waals surface area contributed by atoms with E-state index in [0.29, 0.717) is 33.0 Å². The van der Waals surface area contributed by atoms with Gasteiger partial charge in [0.15, 0.2) is 5.65 Å². The maximum Gasteiger partial charge on any atom is 0.230 e. The molecular formula is C19H22ClN5O2S. The molecule has 2 heterocycles. The molecule has 9 heteroatoms. The van der Waals surface area contributed by atoms with Crippen LogP contribution >= 0.6 is 23.4 Å². The lowest BCUT2D eigenvalue weighted by molar-refractivity contribution is -0.119. The molecule has 4 rings (SSSR count). The summed E-state index contributed by atoms with van der Waals surface area (Å²) in [5.74, 6) is 1.46. The molecule has 148 valence electrons. The minimum absolute atomic E-state index is 0.00816. The number of nitrogens with one attached hydrogen (secondary N) is 2. The van der Waals surface area contributed by atoms with Crippen molar-refractivity contribution in [1.29, 1.82) is 0 Å². The highest BCUT2D eigenvalue weighted by atomic mass is 35.5. The third-order valence-electron chi connectivity index (χ3n) is 5.27. The SMILES string of the molecule is COc1ccc(Cl)c2c1[nH]c1nc(SCC(=O)N[C@H]3CCCC[C@H]3C)nnc12. The van der Waals surface area contributed by atoms with Gasteiger partial charge in [0.1, 0.15) is 11.3 Å². The van der Waals surface area contributed by atoms with Crippen LogP contribution in [0.5, 0.6) is 5.75 Å². The number of rotatable bonds is 5. The van der Waals surface area contributed by atoms with Gasteiger partial charge in [-0.25, -0.2) is 4.98 Å². The highest BCUT2D eigenvalue weighted by Gasteiger charge is 2.23. The molecule has 2 N–H and O–H groups in total. The van der Waals surface area contributed by atoms with Gasteiger partial charge in [0.05, 0.1) is 28.8 Å². The molecule has 0 spiro atoms. The first kappa shape index (κ1) is 19.3. The number of carbonyl (C=O) groups excluding carboxylic acids is 1. The highest BCUT2D eigenvalue weighted by molar-refractivity contribution is 7.99. The number of amides is 1. The van der Waals surface area contributed by atoms with Gasteiger partial charge in [-0.1, -0.05) is 43.1 Å². The van der Waals surface area contributed by atoms with Gasteiger partial charge >= 0.3 is 0 Å². The van der Waals surface area contributed by atoms with Crippen LogP contribution in [0.25, 0.3) is 22.1 Å². The molecule has 0 unspecified atom stereocenters. The number of aromatic nitrogens is 4. The molecule has 0 bridgehead atoms. The summed E-state index contributed by atoms with van der Waals surface area (Å²) >= 11 is 7.60. The maximum atomic E-state index is 12.3. The van der Waals surface area contributed by atoms with Crippen LogP contribution in [0.1, 0.15) is 32.6 Å². The zero-order chi connectivity index (χ0) is 19.7. The molecule has 1 amide bonds. The molecule has 1 aliphatic rings. The fourth-order valence-corrected chi connectivity index (χ4v) is 4.58. The highest BCUT2D eigenvalue weighted by Crippen LogP contribution is 2.35. The Morgan fingerprint density at radius 1 is 1.36 bits per heavy atom. The lowest BCUT2D eigenvalue weighted by atomic mass is 9.86. The van der Waals surface area contributed by atoms with E-state index in [1.807, 2.05) is 0 Å². The summed E-state index contributed by atoms with van der Waals surface area (Å²) in [5.41, 5.74) is 1.89. The van der Waals surface area contributed by atoms with E-state index in [9.17, 15) is 4.79 Å². The van der Waals surface area contributed by atoms with Crippen molar-refractivity contribution in [1.82, 2.24) is 25.5 Å². The van der Waals surface area contributed by atoms with Gasteiger partial charge in [-0.2, -0.15) is 0 Å². The average Bonchev–Trinajstić information content (AvgIpc) is 3.08. The summed E-state index contributed by atoms with van der Waals surface area (Å²) in [6.07, 6.45) is 4.66. The van der Waals surface area contributed by atoms with E-state index in [4.69, 9.17) is 16.3 Å². The predicted molar refractivity (Wildman–Crippen MR) is 111 cm³/mol. The number of ether oxygens (including phenoxy) is 1. The minimum atomic E-state index is 0.00816. The second kappa shape index (κ2) is 8.13. The van der Waals surface area contributed by atoms with E-state index in [1.54, 1.807) is 19.2 Å². The monoisotopic (exact) mass is 419 g/mol. The topological polar surface area (TPSA) is 92.8 Å². The Morgan fingerprint density at radius 3 is 2.96 bits per heavy atom. The smallest absolute Gasteiger partial charge is 0.230 e. The Balaban J connectivity index is 1.49. The first-order valence-electron chi connectivity index (χ1n) is 9.37. The minimum Gasteiger partial charge on any atom is -0.495 e. The van der Waals surface area contributed by atoms with E-state index in [-0.39, 0.29) is 17.7 Å². The van der Waals surface area contributed by atoms with Crippen molar-refractivity contribution in [3.8, 4) is 5.75 Å². The molecule has 0 radical (unpaired) electrons. The van der Waals surface area contributed by atoms with E-state index in [1.165, 1.54) is 31.0 Å². The Kier molecular flexibility index (Phi) is 5.59. The van der Waals surface area contributed by atoms with Crippen molar-refractivity contribution >= 4 is 51.3 Å². The summed E-state index contributed by atoms with van der Waals surface area (Å²) in [7, 11) is 1.60. The normalized spacial score (nSPS) is 19.8. The largest absolute Gasteiger partial charge is 0.495 e. The standard InChI is InChI=1S/C19H22ClN5O2S/c1-10-5-3-4-6-12(10)21-14(26)9-28-19-23-18-17(24-25-19)15-11(20)7-8-13(27-2)16(15)22-18/h7-8,10,12H,3-6,9H2,1-2H3,(H,21,26)(H,22,23,25)/t10-,12+/m1/s1. The van der Waals surface area contributed by atoms with Crippen LogP contribution in [-0.2, 0) is 4.79 Å². The number of H-pyrrole nitrogens is 1. The number of halogens is 1. The van der Waals surface area contributed by atoms with Gasteiger partial charge in [-0.05, 0) is 30.9 Å². The first-order valence-corrected chi connectivity index (χ1v) is 10.7. The van der Waals surface area contributed by atoms with Gasteiger partial charge < -0.3 is 15.0 Å². The number of aromatic amines is 1. The molecule has 28 heavy (non-hydrogen) atoms. The van der Waals surface area contributed by atoms with Crippen LogP contribution in [-0.4, -0.2) is 45.0 Å². The van der Waals surface area contributed by atoms with Gasteiger partial charge in [-0.15, -0.1) is 10.2 Å². The van der Waals surface area contributed by atoms with E-state index in [2.05, 4.69) is 32.4 Å². The van der Waals surface area contributed by atoms with Crippen LogP contribution in [0.3, 0.4) is 0 Å². The number of benzene rings is 1. The third-order valence-corrected chi connectivity index (χ3v) is 6.43. The molecule has 2 aromatic heterocycles. The fourth-order valence-electron chi connectivity index (χ4n) is 3.74. The number of hydrogen-bond donors (Lipinski definition) is 2. The van der Waals surface area contributed by atoms with E-state index in [0.717, 1.165) is 17.3 Å². The van der Waals surface area contributed by atoms with Crippen molar-refractivity contribution in [3.05, 3.63) is 17.2 Å². The van der Waals surface area contributed by atoms with E-state index < -0.39 is 0 Å². The fraction of sp³-hybridized carbons (Fsp3) is 0.474. The molecular weight excluding hydrogens is 398 g/mol. The van der Waals surface area contributed by atoms with Gasteiger partial charge in [0.2, 0.25) is 11.1 Å². The summed E-state index contributed by atoms with van der Waals surface area (Å²) < 4.78 is 5.38. The van der Waals surface area contributed by atoms with Crippen molar-refractivity contribution in [2.75, 3.05) is 12.9 Å². The van der Waals surface area contributed by atoms with Crippen LogP contribution in [0, 0.1) is 5.92 Å². The molecule has 1 saturated carbocycles. The zero-order valence-corrected chi connectivity index (χ0v) is 17.4. The Labute approximate surface area is 172 Å². The van der Waals surface area contributed by atoms with Crippen molar-refractivity contribution in [2.24, 2.45) is 5.92 Å². The number of fused-ring (bicyclic) bond motifs is 3. The Hall–Kier alpha value is -2.06. The number of nitrogens with zero attached hydrogens (tertiary/aromatic N) is 3. The lowest BCUT2D eigenvalue weighted by Gasteiger charge is -2.29. The average molecular weight is 420 g/mol. The van der Waals surface area contributed by atoms with E-state index >= 15 is 0 Å². The summed E-state index contributed by atoms with van der Waals surface area (Å²) in [6, 6.07) is 3.82. The van der Waals surface area contributed by atoms with Gasteiger partial charge in [0, 0.05) is 6.04 Å². The molecule has 3 aromatic rings. The maximum absolute atomic E-state index is 12.3. The Morgan fingerprint density at radius 2 is 2.18 bits per heavy atom. The number of hydrogen-bond acceptors (Lipinski definition) is 6. The molecule has 1 aliphatic carbocycles. The number of thioether (sulfide) groups is 1. The van der Waals surface area contributed by atoms with Gasteiger partial charge in [0.25, 0.3) is 0 Å². The summed E-state index contributed by atoms with van der Waals surface area (Å²) in [4.78, 5) is 20.0. The lowest BCUT2D eigenvalue weighted by Crippen LogP contribution is -2.41. The van der Waals surface area contributed by atoms with Crippen LogP contribution < -0.4 is 10.1 Å². The van der Waals surface area contributed by atoms with Gasteiger partial charge in [-0.3, -0.25) is 4.79 Å². The van der Waals surface area contributed by atoms with Crippen molar-refractivity contribution < 1.29 is 9.53 Å². The first-order chi connectivity index (χ1) is 13.6. The molecule has 0 aliphatic heterocycles. The zero-order valence-electron chi connectivity index (χ0n) is 15.8. The third kappa shape index (κ3) is 3.75. The second-order valence-corrected chi connectivity index (χ2v) is 8.49.